The van der Waals surface area contributed by atoms with Gasteiger partial charge in [0.15, 0.2) is 0 Å². The topological polar surface area (TPSA) is 21.3 Å². The highest BCUT2D eigenvalue weighted by atomic mass is 16.5. The molecule has 0 radical (unpaired) electrons. The number of ether oxygens (including phenoxy) is 1. The summed E-state index contributed by atoms with van der Waals surface area (Å²) in [6.07, 6.45) is 9.96. The van der Waals surface area contributed by atoms with E-state index in [9.17, 15) is 0 Å². The van der Waals surface area contributed by atoms with Crippen molar-refractivity contribution >= 4 is 0 Å². The first kappa shape index (κ1) is 17.6. The van der Waals surface area contributed by atoms with Gasteiger partial charge in [-0.25, -0.2) is 0 Å². The Hall–Kier alpha value is -1.80. The second kappa shape index (κ2) is 8.26. The van der Waals surface area contributed by atoms with Crippen molar-refractivity contribution in [1.82, 2.24) is 5.32 Å². The first-order chi connectivity index (χ1) is 12.8. The van der Waals surface area contributed by atoms with Crippen LogP contribution < -0.4 is 10.1 Å². The van der Waals surface area contributed by atoms with Crippen LogP contribution in [0.3, 0.4) is 0 Å². The monoisotopic (exact) mass is 349 g/mol. The molecule has 2 saturated carbocycles. The van der Waals surface area contributed by atoms with Gasteiger partial charge in [0.1, 0.15) is 5.75 Å². The van der Waals surface area contributed by atoms with E-state index < -0.39 is 0 Å². The maximum atomic E-state index is 5.34. The van der Waals surface area contributed by atoms with Crippen LogP contribution in [0.5, 0.6) is 5.75 Å². The van der Waals surface area contributed by atoms with Gasteiger partial charge in [0.2, 0.25) is 0 Å². The fourth-order valence-corrected chi connectivity index (χ4v) is 4.46. The molecule has 2 aromatic carbocycles. The third-order valence-electron chi connectivity index (χ3n) is 6.22. The fraction of sp³-hybridized carbons (Fsp3) is 0.500. The average Bonchev–Trinajstić information content (AvgIpc) is 3.48. The molecule has 138 valence electrons. The molecule has 0 heterocycles. The van der Waals surface area contributed by atoms with Gasteiger partial charge in [0.05, 0.1) is 7.11 Å². The van der Waals surface area contributed by atoms with E-state index in [0.717, 1.165) is 11.7 Å². The minimum absolute atomic E-state index is 0.696. The molecule has 2 unspecified atom stereocenters. The van der Waals surface area contributed by atoms with Crippen LogP contribution in [0.2, 0.25) is 0 Å². The second-order valence-corrected chi connectivity index (χ2v) is 8.05. The van der Waals surface area contributed by atoms with Crippen LogP contribution in [-0.2, 0) is 0 Å². The number of hydrogen-bond acceptors (Lipinski definition) is 2. The SMILES string of the molecule is COc1cccc(-c2ccc(C3CC3NCCC3CCCCC3)cc2)c1. The zero-order chi connectivity index (χ0) is 17.8. The highest BCUT2D eigenvalue weighted by Gasteiger charge is 2.37. The quantitative estimate of drug-likeness (QED) is 0.684. The molecule has 0 spiro atoms. The molecule has 2 nitrogen and oxygen atoms in total. The van der Waals surface area contributed by atoms with Crippen LogP contribution in [-0.4, -0.2) is 19.7 Å². The largest absolute Gasteiger partial charge is 0.497 e. The lowest BCUT2D eigenvalue weighted by Gasteiger charge is -2.21. The molecule has 1 N–H and O–H groups in total. The number of nitrogens with one attached hydrogen (secondary N) is 1. The molecule has 0 aromatic heterocycles. The summed E-state index contributed by atoms with van der Waals surface area (Å²) in [6, 6.07) is 18.1. The van der Waals surface area contributed by atoms with E-state index in [4.69, 9.17) is 4.74 Å². The van der Waals surface area contributed by atoms with Crippen LogP contribution >= 0.6 is 0 Å². The minimum atomic E-state index is 0.696. The molecule has 0 amide bonds. The van der Waals surface area contributed by atoms with Crippen molar-refractivity contribution in [3.05, 3.63) is 54.1 Å². The molecule has 2 fully saturated rings. The zero-order valence-corrected chi connectivity index (χ0v) is 15.9. The van der Waals surface area contributed by atoms with E-state index in [1.807, 2.05) is 6.07 Å². The summed E-state index contributed by atoms with van der Waals surface area (Å²) >= 11 is 0. The molecule has 2 aromatic rings. The van der Waals surface area contributed by atoms with Crippen molar-refractivity contribution in [2.24, 2.45) is 5.92 Å². The average molecular weight is 350 g/mol. The molecule has 2 heteroatoms. The third-order valence-corrected chi connectivity index (χ3v) is 6.22. The Morgan fingerprint density at radius 1 is 0.962 bits per heavy atom. The maximum absolute atomic E-state index is 5.34. The lowest BCUT2D eigenvalue weighted by molar-refractivity contribution is 0.333. The normalized spacial score (nSPS) is 23.0. The van der Waals surface area contributed by atoms with Gasteiger partial charge in [0, 0.05) is 12.0 Å². The molecular formula is C24H31NO. The number of hydrogen-bond donors (Lipinski definition) is 1. The van der Waals surface area contributed by atoms with E-state index in [0.29, 0.717) is 12.0 Å². The molecular weight excluding hydrogens is 318 g/mol. The summed E-state index contributed by atoms with van der Waals surface area (Å²) < 4.78 is 5.34. The molecule has 2 aliphatic carbocycles. The van der Waals surface area contributed by atoms with Crippen LogP contribution in [0.4, 0.5) is 0 Å². The first-order valence-corrected chi connectivity index (χ1v) is 10.3. The van der Waals surface area contributed by atoms with Crippen LogP contribution in [0.25, 0.3) is 11.1 Å². The third kappa shape index (κ3) is 4.29. The summed E-state index contributed by atoms with van der Waals surface area (Å²) in [5.41, 5.74) is 3.95. The first-order valence-electron chi connectivity index (χ1n) is 10.3. The second-order valence-electron chi connectivity index (χ2n) is 8.05. The zero-order valence-electron chi connectivity index (χ0n) is 15.9. The van der Waals surface area contributed by atoms with Crippen molar-refractivity contribution in [2.45, 2.75) is 56.9 Å². The molecule has 0 aliphatic heterocycles. The minimum Gasteiger partial charge on any atom is -0.497 e. The molecule has 4 rings (SSSR count). The summed E-state index contributed by atoms with van der Waals surface area (Å²) in [7, 11) is 1.72. The van der Waals surface area contributed by atoms with Gasteiger partial charge in [-0.1, -0.05) is 68.5 Å². The summed E-state index contributed by atoms with van der Waals surface area (Å²) in [5, 5.41) is 3.80. The highest BCUT2D eigenvalue weighted by molar-refractivity contribution is 5.65. The van der Waals surface area contributed by atoms with E-state index in [1.54, 1.807) is 7.11 Å². The van der Waals surface area contributed by atoms with Crippen molar-refractivity contribution in [3.8, 4) is 16.9 Å². The van der Waals surface area contributed by atoms with E-state index >= 15 is 0 Å². The van der Waals surface area contributed by atoms with E-state index in [2.05, 4.69) is 47.8 Å². The lowest BCUT2D eigenvalue weighted by Crippen LogP contribution is -2.22. The van der Waals surface area contributed by atoms with Gasteiger partial charge in [-0.15, -0.1) is 0 Å². The summed E-state index contributed by atoms with van der Waals surface area (Å²) in [5.74, 6) is 2.60. The van der Waals surface area contributed by atoms with Crippen molar-refractivity contribution in [3.63, 3.8) is 0 Å². The molecule has 2 aliphatic rings. The predicted molar refractivity (Wildman–Crippen MR) is 109 cm³/mol. The van der Waals surface area contributed by atoms with Crippen LogP contribution in [0, 0.1) is 5.92 Å². The van der Waals surface area contributed by atoms with E-state index in [-0.39, 0.29) is 0 Å². The summed E-state index contributed by atoms with van der Waals surface area (Å²) in [4.78, 5) is 0. The van der Waals surface area contributed by atoms with Gasteiger partial charge in [-0.3, -0.25) is 0 Å². The highest BCUT2D eigenvalue weighted by Crippen LogP contribution is 2.41. The molecule has 0 saturated heterocycles. The van der Waals surface area contributed by atoms with Gasteiger partial charge in [0.25, 0.3) is 0 Å². The Morgan fingerprint density at radius 3 is 2.54 bits per heavy atom. The van der Waals surface area contributed by atoms with E-state index in [1.165, 1.54) is 68.2 Å². The Kier molecular flexibility index (Phi) is 5.59. The van der Waals surface area contributed by atoms with Gasteiger partial charge in [-0.05, 0) is 54.1 Å². The standard InChI is InChI=1S/C24H31NO/c1-26-22-9-5-8-21(16-22)19-10-12-20(13-11-19)23-17-24(23)25-15-14-18-6-3-2-4-7-18/h5,8-13,16,18,23-25H,2-4,6-7,14-15,17H2,1H3. The lowest BCUT2D eigenvalue weighted by atomic mass is 9.87. The van der Waals surface area contributed by atoms with Crippen molar-refractivity contribution in [1.29, 1.82) is 0 Å². The Balaban J connectivity index is 1.28. The molecule has 0 bridgehead atoms. The number of benzene rings is 2. The van der Waals surface area contributed by atoms with Crippen molar-refractivity contribution in [2.75, 3.05) is 13.7 Å². The Labute approximate surface area is 158 Å². The Morgan fingerprint density at radius 2 is 1.77 bits per heavy atom. The van der Waals surface area contributed by atoms with Crippen LogP contribution in [0.15, 0.2) is 48.5 Å². The number of rotatable bonds is 7. The molecule has 2 atom stereocenters. The fourth-order valence-electron chi connectivity index (χ4n) is 4.46. The van der Waals surface area contributed by atoms with Gasteiger partial charge in [-0.2, -0.15) is 0 Å². The van der Waals surface area contributed by atoms with Crippen LogP contribution in [0.1, 0.15) is 56.4 Å². The van der Waals surface area contributed by atoms with Gasteiger partial charge >= 0.3 is 0 Å². The van der Waals surface area contributed by atoms with Crippen molar-refractivity contribution < 1.29 is 4.74 Å². The molecule has 26 heavy (non-hydrogen) atoms. The Bertz CT molecular complexity index is 702. The van der Waals surface area contributed by atoms with Gasteiger partial charge < -0.3 is 10.1 Å². The summed E-state index contributed by atoms with van der Waals surface area (Å²) in [6.45, 7) is 1.20. The maximum Gasteiger partial charge on any atom is 0.119 e. The smallest absolute Gasteiger partial charge is 0.119 e. The predicted octanol–water partition coefficient (Wildman–Crippen LogP) is 5.78. The number of methoxy groups -OCH3 is 1.